The van der Waals surface area contributed by atoms with E-state index in [0.717, 1.165) is 29.7 Å². The molecule has 0 amide bonds. The quantitative estimate of drug-likeness (QED) is 0.556. The van der Waals surface area contributed by atoms with Gasteiger partial charge in [0.1, 0.15) is 11.6 Å². The third kappa shape index (κ3) is 1.87. The number of benzene rings is 2. The fourth-order valence-corrected chi connectivity index (χ4v) is 2.99. The Morgan fingerprint density at radius 1 is 1.19 bits per heavy atom. The molecule has 1 aliphatic rings. The predicted molar refractivity (Wildman–Crippen MR) is 84.5 cm³/mol. The molecule has 0 spiro atoms. The van der Waals surface area contributed by atoms with Gasteiger partial charge in [-0.1, -0.05) is 23.7 Å². The fourth-order valence-electron chi connectivity index (χ4n) is 2.73. The molecular formula is C16H14ClN3O. The molecule has 0 bridgehead atoms. The Morgan fingerprint density at radius 3 is 2.71 bits per heavy atom. The number of fused-ring (bicyclic) bond motifs is 1. The summed E-state index contributed by atoms with van der Waals surface area (Å²) < 4.78 is 2.13. The van der Waals surface area contributed by atoms with E-state index < -0.39 is 0 Å². The maximum atomic E-state index is 10.3. The second kappa shape index (κ2) is 4.40. The lowest BCUT2D eigenvalue weighted by Gasteiger charge is -2.10. The number of hydrogen-bond donors (Lipinski definition) is 2. The van der Waals surface area contributed by atoms with Gasteiger partial charge in [-0.3, -0.25) is 0 Å². The molecule has 5 heteroatoms. The highest BCUT2D eigenvalue weighted by molar-refractivity contribution is 6.35. The summed E-state index contributed by atoms with van der Waals surface area (Å²) in [5.74, 6) is 0.802. The van der Waals surface area contributed by atoms with Crippen molar-refractivity contribution >= 4 is 28.3 Å². The molecular weight excluding hydrogens is 286 g/mol. The molecule has 106 valence electrons. The average molecular weight is 300 g/mol. The van der Waals surface area contributed by atoms with Gasteiger partial charge in [0.05, 0.1) is 27.3 Å². The molecule has 0 aliphatic heterocycles. The van der Waals surface area contributed by atoms with Gasteiger partial charge in [-0.2, -0.15) is 0 Å². The van der Waals surface area contributed by atoms with Gasteiger partial charge in [0, 0.05) is 6.04 Å². The number of nitrogens with two attached hydrogens (primary N) is 1. The van der Waals surface area contributed by atoms with Crippen molar-refractivity contribution < 1.29 is 5.11 Å². The van der Waals surface area contributed by atoms with Crippen molar-refractivity contribution in [2.24, 2.45) is 0 Å². The first-order valence-corrected chi connectivity index (χ1v) is 7.29. The molecule has 4 nitrogen and oxygen atoms in total. The van der Waals surface area contributed by atoms with Crippen LogP contribution in [0.1, 0.15) is 18.9 Å². The molecule has 4 rings (SSSR count). The maximum Gasteiger partial charge on any atom is 0.149 e. The molecule has 1 fully saturated rings. The number of aromatic nitrogens is 2. The van der Waals surface area contributed by atoms with E-state index in [4.69, 9.17) is 17.3 Å². The van der Waals surface area contributed by atoms with Crippen molar-refractivity contribution in [3.05, 3.63) is 41.4 Å². The first-order chi connectivity index (χ1) is 10.2. The number of nitrogens with zero attached hydrogens (tertiary/aromatic N) is 2. The van der Waals surface area contributed by atoms with Gasteiger partial charge in [-0.15, -0.1) is 0 Å². The maximum absolute atomic E-state index is 10.3. The molecule has 2 aromatic carbocycles. The largest absolute Gasteiger partial charge is 0.505 e. The normalized spacial score (nSPS) is 14.7. The Hall–Kier alpha value is -2.20. The molecule has 0 atom stereocenters. The number of para-hydroxylation sites is 2. The summed E-state index contributed by atoms with van der Waals surface area (Å²) >= 11 is 6.36. The Morgan fingerprint density at radius 2 is 1.95 bits per heavy atom. The summed E-state index contributed by atoms with van der Waals surface area (Å²) in [6, 6.07) is 11.4. The number of aromatic hydroxyl groups is 1. The molecule has 3 aromatic rings. The lowest BCUT2D eigenvalue weighted by Crippen LogP contribution is -1.99. The third-order valence-corrected chi connectivity index (χ3v) is 4.19. The Bertz CT molecular complexity index is 852. The van der Waals surface area contributed by atoms with E-state index in [2.05, 4.69) is 9.55 Å². The molecule has 21 heavy (non-hydrogen) atoms. The average Bonchev–Trinajstić information content (AvgIpc) is 3.23. The highest BCUT2D eigenvalue weighted by Crippen LogP contribution is 2.44. The Kier molecular flexibility index (Phi) is 2.62. The van der Waals surface area contributed by atoms with E-state index in [1.807, 2.05) is 30.3 Å². The minimum atomic E-state index is 0.0748. The van der Waals surface area contributed by atoms with Gasteiger partial charge in [0.25, 0.3) is 0 Å². The summed E-state index contributed by atoms with van der Waals surface area (Å²) in [5.41, 5.74) is 8.58. The van der Waals surface area contributed by atoms with Crippen molar-refractivity contribution in [1.29, 1.82) is 0 Å². The van der Waals surface area contributed by atoms with Gasteiger partial charge in [-0.25, -0.2) is 4.98 Å². The minimum absolute atomic E-state index is 0.0748. The second-order valence-corrected chi connectivity index (χ2v) is 5.79. The van der Waals surface area contributed by atoms with Crippen LogP contribution in [0, 0.1) is 0 Å². The van der Waals surface area contributed by atoms with Crippen molar-refractivity contribution in [1.82, 2.24) is 9.55 Å². The van der Waals surface area contributed by atoms with Gasteiger partial charge >= 0.3 is 0 Å². The highest BCUT2D eigenvalue weighted by Gasteiger charge is 2.30. The van der Waals surface area contributed by atoms with Crippen LogP contribution in [-0.4, -0.2) is 14.7 Å². The third-order valence-electron chi connectivity index (χ3n) is 3.88. The summed E-state index contributed by atoms with van der Waals surface area (Å²) in [5, 5.41) is 10.9. The van der Waals surface area contributed by atoms with Gasteiger partial charge in [-0.05, 0) is 37.1 Å². The molecule has 0 radical (unpaired) electrons. The van der Waals surface area contributed by atoms with Crippen molar-refractivity contribution in [3.8, 4) is 17.1 Å². The number of nitrogen functional groups attached to an aromatic ring is 1. The van der Waals surface area contributed by atoms with Crippen molar-refractivity contribution in [2.45, 2.75) is 18.9 Å². The van der Waals surface area contributed by atoms with Crippen molar-refractivity contribution in [3.63, 3.8) is 0 Å². The van der Waals surface area contributed by atoms with Gasteiger partial charge < -0.3 is 15.4 Å². The van der Waals surface area contributed by atoms with Crippen LogP contribution in [0.4, 0.5) is 5.69 Å². The zero-order valence-electron chi connectivity index (χ0n) is 11.3. The van der Waals surface area contributed by atoms with Crippen LogP contribution >= 0.6 is 11.6 Å². The molecule has 3 N–H and O–H groups in total. The standard InChI is InChI=1S/C16H14ClN3O/c17-11-4-2-6-13-14(11)20(9-7-8-9)16(19-13)10-3-1-5-12(18)15(10)21/h1-6,9,21H,7-8,18H2. The number of imidazole rings is 1. The van der Waals surface area contributed by atoms with E-state index >= 15 is 0 Å². The summed E-state index contributed by atoms with van der Waals surface area (Å²) in [6.07, 6.45) is 2.21. The van der Waals surface area contributed by atoms with Crippen molar-refractivity contribution in [2.75, 3.05) is 5.73 Å². The number of rotatable bonds is 2. The van der Waals surface area contributed by atoms with E-state index in [9.17, 15) is 5.11 Å². The van der Waals surface area contributed by atoms with Crippen LogP contribution in [0.25, 0.3) is 22.4 Å². The second-order valence-electron chi connectivity index (χ2n) is 5.39. The van der Waals surface area contributed by atoms with E-state index in [-0.39, 0.29) is 5.75 Å². The van der Waals surface area contributed by atoms with Crippen LogP contribution in [-0.2, 0) is 0 Å². The lowest BCUT2D eigenvalue weighted by atomic mass is 10.1. The monoisotopic (exact) mass is 299 g/mol. The van der Waals surface area contributed by atoms with Gasteiger partial charge in [0.2, 0.25) is 0 Å². The molecule has 0 saturated heterocycles. The smallest absolute Gasteiger partial charge is 0.149 e. The first kappa shape index (κ1) is 12.5. The van der Waals surface area contributed by atoms with Crippen LogP contribution in [0.2, 0.25) is 5.02 Å². The minimum Gasteiger partial charge on any atom is -0.505 e. The number of phenolic OH excluding ortho intramolecular Hbond substituents is 1. The van der Waals surface area contributed by atoms with E-state index in [1.54, 1.807) is 6.07 Å². The fraction of sp³-hybridized carbons (Fsp3) is 0.188. The predicted octanol–water partition coefficient (Wildman–Crippen LogP) is 3.98. The van der Waals surface area contributed by atoms with E-state index in [1.165, 1.54) is 0 Å². The number of anilines is 1. The van der Waals surface area contributed by atoms with Crippen LogP contribution < -0.4 is 5.73 Å². The van der Waals surface area contributed by atoms with Crippen LogP contribution in [0.15, 0.2) is 36.4 Å². The summed E-state index contributed by atoms with van der Waals surface area (Å²) in [7, 11) is 0. The Balaban J connectivity index is 2.07. The SMILES string of the molecule is Nc1cccc(-c2nc3cccc(Cl)c3n2C2CC2)c1O. The molecule has 0 unspecified atom stereocenters. The molecule has 1 aromatic heterocycles. The zero-order valence-corrected chi connectivity index (χ0v) is 12.0. The number of halogens is 1. The molecule has 1 saturated carbocycles. The number of hydrogen-bond acceptors (Lipinski definition) is 3. The summed E-state index contributed by atoms with van der Waals surface area (Å²) in [4.78, 5) is 4.67. The molecule has 1 heterocycles. The first-order valence-electron chi connectivity index (χ1n) is 6.91. The summed E-state index contributed by atoms with van der Waals surface area (Å²) in [6.45, 7) is 0. The molecule has 1 aliphatic carbocycles. The zero-order chi connectivity index (χ0) is 14.6. The van der Waals surface area contributed by atoms with Crippen LogP contribution in [0.3, 0.4) is 0 Å². The van der Waals surface area contributed by atoms with Crippen LogP contribution in [0.5, 0.6) is 5.75 Å². The topological polar surface area (TPSA) is 64.1 Å². The number of phenols is 1. The lowest BCUT2D eigenvalue weighted by molar-refractivity contribution is 0.479. The van der Waals surface area contributed by atoms with E-state index in [0.29, 0.717) is 22.3 Å². The Labute approximate surface area is 126 Å². The van der Waals surface area contributed by atoms with Gasteiger partial charge in [0.15, 0.2) is 0 Å². The highest BCUT2D eigenvalue weighted by atomic mass is 35.5.